The number of aryl methyl sites for hydroxylation is 1. The van der Waals surface area contributed by atoms with Gasteiger partial charge in [0.05, 0.1) is 6.10 Å². The molecule has 0 amide bonds. The molecule has 0 saturated carbocycles. The number of rotatable bonds is 0. The van der Waals surface area contributed by atoms with E-state index in [0.29, 0.717) is 6.04 Å². The number of fused-ring (bicyclic) bond motifs is 1. The minimum atomic E-state index is -0.300. The first kappa shape index (κ1) is 8.57. The predicted octanol–water partition coefficient (Wildman–Crippen LogP) is 2.23. The first-order valence-electron chi connectivity index (χ1n) is 4.72. The summed E-state index contributed by atoms with van der Waals surface area (Å²) in [6.07, 6.45) is 0.502. The number of aliphatic hydroxyl groups is 1. The number of nitrogens with one attached hydrogen (secondary N) is 1. The minimum absolute atomic E-state index is 0.300. The molecule has 0 aliphatic carbocycles. The van der Waals surface area contributed by atoms with Gasteiger partial charge >= 0.3 is 0 Å². The normalized spacial score (nSPS) is 26.4. The van der Waals surface area contributed by atoms with Crippen LogP contribution in [0.3, 0.4) is 0 Å². The van der Waals surface area contributed by atoms with Crippen LogP contribution in [0.15, 0.2) is 18.2 Å². The van der Waals surface area contributed by atoms with Crippen LogP contribution in [0.1, 0.15) is 30.6 Å². The first-order chi connectivity index (χ1) is 6.16. The Bertz CT molecular complexity index is 322. The molecule has 1 aromatic carbocycles. The summed E-state index contributed by atoms with van der Waals surface area (Å²) in [7, 11) is 0. The lowest BCUT2D eigenvalue weighted by Gasteiger charge is -2.28. The topological polar surface area (TPSA) is 32.3 Å². The highest BCUT2D eigenvalue weighted by molar-refractivity contribution is 5.56. The van der Waals surface area contributed by atoms with Gasteiger partial charge in [-0.1, -0.05) is 17.7 Å². The fraction of sp³-hybridized carbons (Fsp3) is 0.455. The van der Waals surface area contributed by atoms with Gasteiger partial charge in [-0.05, 0) is 26.3 Å². The maximum atomic E-state index is 9.82. The predicted molar refractivity (Wildman–Crippen MR) is 53.8 cm³/mol. The largest absolute Gasteiger partial charge is 0.388 e. The van der Waals surface area contributed by atoms with Crippen molar-refractivity contribution in [3.05, 3.63) is 29.3 Å². The number of hydrogen-bond acceptors (Lipinski definition) is 2. The highest BCUT2D eigenvalue weighted by Gasteiger charge is 2.21. The Labute approximate surface area is 78.6 Å². The zero-order valence-electron chi connectivity index (χ0n) is 8.04. The summed E-state index contributed by atoms with van der Waals surface area (Å²) in [5, 5.41) is 13.2. The molecule has 0 saturated heterocycles. The second kappa shape index (κ2) is 3.04. The molecule has 70 valence electrons. The Hall–Kier alpha value is -1.02. The zero-order chi connectivity index (χ0) is 9.42. The molecule has 1 aliphatic rings. The van der Waals surface area contributed by atoms with E-state index in [9.17, 15) is 5.11 Å². The molecule has 0 radical (unpaired) electrons. The Morgan fingerprint density at radius 2 is 2.23 bits per heavy atom. The van der Waals surface area contributed by atoms with Gasteiger partial charge in [0.1, 0.15) is 0 Å². The quantitative estimate of drug-likeness (QED) is 0.637. The fourth-order valence-corrected chi connectivity index (χ4v) is 1.88. The van der Waals surface area contributed by atoms with Crippen molar-refractivity contribution >= 4 is 5.69 Å². The van der Waals surface area contributed by atoms with Gasteiger partial charge in [-0.15, -0.1) is 0 Å². The summed E-state index contributed by atoms with van der Waals surface area (Å²) >= 11 is 0. The standard InChI is InChI=1S/C11H15NO/c1-7-3-4-10-9(5-7)11(13)6-8(2)12-10/h3-5,8,11-13H,6H2,1-2H3/t8-,11-/m1/s1. The molecule has 0 aromatic heterocycles. The van der Waals surface area contributed by atoms with Crippen molar-refractivity contribution in [1.82, 2.24) is 0 Å². The van der Waals surface area contributed by atoms with E-state index in [0.717, 1.165) is 17.7 Å². The van der Waals surface area contributed by atoms with E-state index in [1.54, 1.807) is 0 Å². The van der Waals surface area contributed by atoms with Crippen LogP contribution in [-0.4, -0.2) is 11.1 Å². The fourth-order valence-electron chi connectivity index (χ4n) is 1.88. The minimum Gasteiger partial charge on any atom is -0.388 e. The molecule has 2 atom stereocenters. The summed E-state index contributed by atoms with van der Waals surface area (Å²) in [5.74, 6) is 0. The second-order valence-corrected chi connectivity index (χ2v) is 3.89. The molecule has 2 nitrogen and oxygen atoms in total. The van der Waals surface area contributed by atoms with Gasteiger partial charge in [-0.2, -0.15) is 0 Å². The lowest BCUT2D eigenvalue weighted by atomic mass is 9.95. The Morgan fingerprint density at radius 1 is 1.46 bits per heavy atom. The van der Waals surface area contributed by atoms with Crippen LogP contribution in [0.5, 0.6) is 0 Å². The molecule has 0 unspecified atom stereocenters. The number of hydrogen-bond donors (Lipinski definition) is 2. The SMILES string of the molecule is Cc1ccc2c(c1)[C@H](O)C[C@@H](C)N2. The lowest BCUT2D eigenvalue weighted by Crippen LogP contribution is -2.25. The van der Waals surface area contributed by atoms with Crippen molar-refractivity contribution in [1.29, 1.82) is 0 Å². The van der Waals surface area contributed by atoms with E-state index < -0.39 is 0 Å². The first-order valence-corrected chi connectivity index (χ1v) is 4.72. The molecular weight excluding hydrogens is 162 g/mol. The average molecular weight is 177 g/mol. The smallest absolute Gasteiger partial charge is 0.0829 e. The molecule has 2 heteroatoms. The molecule has 1 heterocycles. The van der Waals surface area contributed by atoms with Crippen molar-refractivity contribution in [2.45, 2.75) is 32.4 Å². The molecule has 0 spiro atoms. The van der Waals surface area contributed by atoms with Gasteiger partial charge in [0.2, 0.25) is 0 Å². The van der Waals surface area contributed by atoms with Crippen molar-refractivity contribution in [3.8, 4) is 0 Å². The van der Waals surface area contributed by atoms with Gasteiger partial charge in [-0.25, -0.2) is 0 Å². The van der Waals surface area contributed by atoms with Crippen LogP contribution in [0, 0.1) is 6.92 Å². The highest BCUT2D eigenvalue weighted by atomic mass is 16.3. The summed E-state index contributed by atoms with van der Waals surface area (Å²) in [6, 6.07) is 6.53. The molecule has 0 bridgehead atoms. The van der Waals surface area contributed by atoms with Gasteiger partial charge in [0.25, 0.3) is 0 Å². The van der Waals surface area contributed by atoms with E-state index in [1.807, 2.05) is 13.0 Å². The van der Waals surface area contributed by atoms with Gasteiger partial charge in [0, 0.05) is 17.3 Å². The van der Waals surface area contributed by atoms with Gasteiger partial charge in [0.15, 0.2) is 0 Å². The average Bonchev–Trinajstić information content (AvgIpc) is 2.06. The zero-order valence-corrected chi connectivity index (χ0v) is 8.04. The molecule has 1 aliphatic heterocycles. The van der Waals surface area contributed by atoms with Crippen molar-refractivity contribution < 1.29 is 5.11 Å². The van der Waals surface area contributed by atoms with E-state index in [-0.39, 0.29) is 6.10 Å². The Morgan fingerprint density at radius 3 is 3.00 bits per heavy atom. The monoisotopic (exact) mass is 177 g/mol. The van der Waals surface area contributed by atoms with Gasteiger partial charge in [-0.3, -0.25) is 0 Å². The Balaban J connectivity index is 2.43. The summed E-state index contributed by atoms with van der Waals surface area (Å²) in [6.45, 7) is 4.14. The number of aliphatic hydroxyl groups excluding tert-OH is 1. The van der Waals surface area contributed by atoms with E-state index in [1.165, 1.54) is 5.56 Å². The summed E-state index contributed by atoms with van der Waals surface area (Å²) in [4.78, 5) is 0. The third-order valence-corrected chi connectivity index (χ3v) is 2.54. The molecular formula is C11H15NO. The van der Waals surface area contributed by atoms with Crippen molar-refractivity contribution in [3.63, 3.8) is 0 Å². The third kappa shape index (κ3) is 1.54. The Kier molecular flexibility index (Phi) is 2.00. The maximum absolute atomic E-state index is 9.82. The number of benzene rings is 1. The summed E-state index contributed by atoms with van der Waals surface area (Å²) < 4.78 is 0. The molecule has 1 aromatic rings. The second-order valence-electron chi connectivity index (χ2n) is 3.89. The number of anilines is 1. The van der Waals surface area contributed by atoms with Crippen molar-refractivity contribution in [2.75, 3.05) is 5.32 Å². The van der Waals surface area contributed by atoms with Crippen molar-refractivity contribution in [2.24, 2.45) is 0 Å². The molecule has 2 N–H and O–H groups in total. The van der Waals surface area contributed by atoms with Crippen LogP contribution < -0.4 is 5.32 Å². The van der Waals surface area contributed by atoms with Crippen LogP contribution in [0.2, 0.25) is 0 Å². The van der Waals surface area contributed by atoms with Crippen LogP contribution in [0.25, 0.3) is 0 Å². The third-order valence-electron chi connectivity index (χ3n) is 2.54. The van der Waals surface area contributed by atoms with Gasteiger partial charge < -0.3 is 10.4 Å². The summed E-state index contributed by atoms with van der Waals surface area (Å²) in [5.41, 5.74) is 3.32. The van der Waals surface area contributed by atoms with Crippen LogP contribution >= 0.6 is 0 Å². The lowest BCUT2D eigenvalue weighted by molar-refractivity contribution is 0.158. The van der Waals surface area contributed by atoms with E-state index in [2.05, 4.69) is 24.4 Å². The molecule has 0 fully saturated rings. The molecule has 2 rings (SSSR count). The maximum Gasteiger partial charge on any atom is 0.0829 e. The van der Waals surface area contributed by atoms with Crippen LogP contribution in [-0.2, 0) is 0 Å². The molecule has 13 heavy (non-hydrogen) atoms. The highest BCUT2D eigenvalue weighted by Crippen LogP contribution is 2.32. The van der Waals surface area contributed by atoms with Crippen LogP contribution in [0.4, 0.5) is 5.69 Å². The van der Waals surface area contributed by atoms with E-state index >= 15 is 0 Å². The van der Waals surface area contributed by atoms with E-state index in [4.69, 9.17) is 0 Å².